The summed E-state index contributed by atoms with van der Waals surface area (Å²) in [6.45, 7) is 5.05. The molecule has 1 fully saturated rings. The molecule has 21 heavy (non-hydrogen) atoms. The molecule has 7 nitrogen and oxygen atoms in total. The summed E-state index contributed by atoms with van der Waals surface area (Å²) < 4.78 is 25.8. The molecular weight excluding hydrogens is 316 g/mol. The van der Waals surface area contributed by atoms with Crippen LogP contribution >= 0.6 is 11.8 Å². The van der Waals surface area contributed by atoms with Crippen LogP contribution in [0, 0.1) is 0 Å². The van der Waals surface area contributed by atoms with Crippen molar-refractivity contribution >= 4 is 33.7 Å². The number of nitrogens with one attached hydrogen (secondary N) is 1. The second-order valence-electron chi connectivity index (χ2n) is 4.95. The largest absolute Gasteiger partial charge is 0.480 e. The monoisotopic (exact) mass is 338 g/mol. The SMILES string of the molecule is CCCS(=O)(=O)NC(C)C(=O)N1C(CC)SCC1C(=O)O. The zero-order valence-electron chi connectivity index (χ0n) is 12.4. The molecule has 0 spiro atoms. The number of carbonyl (C=O) groups is 2. The van der Waals surface area contributed by atoms with Crippen molar-refractivity contribution in [1.82, 2.24) is 9.62 Å². The standard InChI is InChI=1S/C12H22N2O5S2/c1-4-6-21(18,19)13-8(3)11(15)14-9(12(16)17)7-20-10(14)5-2/h8-10,13H,4-7H2,1-3H3,(H,16,17). The average Bonchev–Trinajstić information content (AvgIpc) is 2.80. The minimum absolute atomic E-state index is 0.0566. The first-order valence-corrected chi connectivity index (χ1v) is 9.60. The first kappa shape index (κ1) is 18.2. The number of rotatable bonds is 7. The lowest BCUT2D eigenvalue weighted by Crippen LogP contribution is -2.53. The first-order chi connectivity index (χ1) is 9.73. The maximum Gasteiger partial charge on any atom is 0.327 e. The molecule has 1 saturated heterocycles. The Morgan fingerprint density at radius 1 is 1.43 bits per heavy atom. The van der Waals surface area contributed by atoms with Crippen LogP contribution in [0.4, 0.5) is 0 Å². The quantitative estimate of drug-likeness (QED) is 0.699. The van der Waals surface area contributed by atoms with Crippen molar-refractivity contribution in [2.75, 3.05) is 11.5 Å². The first-order valence-electron chi connectivity index (χ1n) is 6.90. The average molecular weight is 338 g/mol. The topological polar surface area (TPSA) is 104 Å². The van der Waals surface area contributed by atoms with Gasteiger partial charge in [-0.05, 0) is 19.8 Å². The Balaban J connectivity index is 2.86. The molecule has 0 bridgehead atoms. The van der Waals surface area contributed by atoms with Crippen LogP contribution in [0.5, 0.6) is 0 Å². The summed E-state index contributed by atoms with van der Waals surface area (Å²) in [5, 5.41) is 8.97. The molecule has 2 N–H and O–H groups in total. The normalized spacial score (nSPS) is 24.0. The van der Waals surface area contributed by atoms with Gasteiger partial charge in [0.1, 0.15) is 6.04 Å². The second-order valence-corrected chi connectivity index (χ2v) is 8.04. The summed E-state index contributed by atoms with van der Waals surface area (Å²) in [5.41, 5.74) is 0. The fourth-order valence-electron chi connectivity index (χ4n) is 2.23. The van der Waals surface area contributed by atoms with Gasteiger partial charge in [0.15, 0.2) is 0 Å². The fourth-order valence-corrected chi connectivity index (χ4v) is 4.88. The molecule has 9 heteroatoms. The summed E-state index contributed by atoms with van der Waals surface area (Å²) in [7, 11) is -3.52. The molecule has 3 unspecified atom stereocenters. The molecule has 0 aromatic heterocycles. The highest BCUT2D eigenvalue weighted by Crippen LogP contribution is 2.31. The maximum absolute atomic E-state index is 12.4. The molecule has 0 saturated carbocycles. The van der Waals surface area contributed by atoms with E-state index in [0.717, 1.165) is 0 Å². The molecule has 1 aliphatic heterocycles. The smallest absolute Gasteiger partial charge is 0.327 e. The Labute approximate surface area is 129 Å². The fraction of sp³-hybridized carbons (Fsp3) is 0.833. The third kappa shape index (κ3) is 4.58. The number of hydrogen-bond acceptors (Lipinski definition) is 5. The number of amides is 1. The summed E-state index contributed by atoms with van der Waals surface area (Å²) in [5.74, 6) is -1.28. The number of carboxylic acids is 1. The number of aliphatic carboxylic acids is 1. The van der Waals surface area contributed by atoms with Gasteiger partial charge in [-0.2, -0.15) is 0 Å². The van der Waals surface area contributed by atoms with Gasteiger partial charge in [-0.3, -0.25) is 4.79 Å². The van der Waals surface area contributed by atoms with E-state index in [2.05, 4.69) is 4.72 Å². The third-order valence-electron chi connectivity index (χ3n) is 3.18. The Bertz CT molecular complexity index is 494. The van der Waals surface area contributed by atoms with E-state index in [1.165, 1.54) is 23.6 Å². The van der Waals surface area contributed by atoms with Crippen LogP contribution in [-0.4, -0.2) is 59.3 Å². The molecule has 0 radical (unpaired) electrons. The molecule has 1 rings (SSSR count). The predicted molar refractivity (Wildman–Crippen MR) is 81.5 cm³/mol. The van der Waals surface area contributed by atoms with Gasteiger partial charge in [0.05, 0.1) is 17.2 Å². The minimum atomic E-state index is -3.52. The summed E-state index contributed by atoms with van der Waals surface area (Å²) in [6.07, 6.45) is 1.07. The number of carboxylic acid groups (broad SMARTS) is 1. The van der Waals surface area contributed by atoms with Crippen LogP contribution in [0.15, 0.2) is 0 Å². The zero-order valence-corrected chi connectivity index (χ0v) is 14.0. The van der Waals surface area contributed by atoms with Gasteiger partial charge in [0.2, 0.25) is 15.9 Å². The maximum atomic E-state index is 12.4. The van der Waals surface area contributed by atoms with Crippen LogP contribution in [-0.2, 0) is 19.6 Å². The van der Waals surface area contributed by atoms with Gasteiger partial charge >= 0.3 is 5.97 Å². The van der Waals surface area contributed by atoms with Crippen LogP contribution in [0.25, 0.3) is 0 Å². The van der Waals surface area contributed by atoms with E-state index in [9.17, 15) is 23.1 Å². The van der Waals surface area contributed by atoms with E-state index in [-0.39, 0.29) is 11.1 Å². The van der Waals surface area contributed by atoms with Gasteiger partial charge < -0.3 is 10.0 Å². The van der Waals surface area contributed by atoms with Gasteiger partial charge in [-0.25, -0.2) is 17.9 Å². The lowest BCUT2D eigenvalue weighted by atomic mass is 10.2. The highest BCUT2D eigenvalue weighted by Gasteiger charge is 2.42. The highest BCUT2D eigenvalue weighted by atomic mass is 32.2. The molecule has 0 aliphatic carbocycles. The van der Waals surface area contributed by atoms with E-state index in [1.54, 1.807) is 6.92 Å². The van der Waals surface area contributed by atoms with E-state index in [1.807, 2.05) is 6.92 Å². The Hall–Kier alpha value is -0.800. The Morgan fingerprint density at radius 2 is 2.05 bits per heavy atom. The van der Waals surface area contributed by atoms with Crippen molar-refractivity contribution in [2.45, 2.75) is 51.1 Å². The van der Waals surface area contributed by atoms with Crippen molar-refractivity contribution in [3.05, 3.63) is 0 Å². The van der Waals surface area contributed by atoms with Crippen LogP contribution in [0.2, 0.25) is 0 Å². The minimum Gasteiger partial charge on any atom is -0.480 e. The number of nitrogens with zero attached hydrogens (tertiary/aromatic N) is 1. The molecule has 0 aromatic rings. The van der Waals surface area contributed by atoms with Crippen molar-refractivity contribution in [3.63, 3.8) is 0 Å². The molecule has 122 valence electrons. The lowest BCUT2D eigenvalue weighted by molar-refractivity contribution is -0.149. The lowest BCUT2D eigenvalue weighted by Gasteiger charge is -2.29. The second kappa shape index (κ2) is 7.46. The van der Waals surface area contributed by atoms with E-state index < -0.39 is 34.0 Å². The van der Waals surface area contributed by atoms with Gasteiger partial charge in [-0.1, -0.05) is 13.8 Å². The number of thioether (sulfide) groups is 1. The summed E-state index contributed by atoms with van der Waals surface area (Å²) >= 11 is 1.41. The number of hydrogen-bond donors (Lipinski definition) is 2. The van der Waals surface area contributed by atoms with Crippen molar-refractivity contribution in [3.8, 4) is 0 Å². The van der Waals surface area contributed by atoms with Crippen molar-refractivity contribution in [1.29, 1.82) is 0 Å². The number of sulfonamides is 1. The molecule has 1 aliphatic rings. The van der Waals surface area contributed by atoms with Crippen molar-refractivity contribution < 1.29 is 23.1 Å². The molecular formula is C12H22N2O5S2. The van der Waals surface area contributed by atoms with Gasteiger partial charge in [0, 0.05) is 5.75 Å². The number of carbonyl (C=O) groups excluding carboxylic acids is 1. The summed E-state index contributed by atoms with van der Waals surface area (Å²) in [4.78, 5) is 25.0. The van der Waals surface area contributed by atoms with E-state index >= 15 is 0 Å². The Kier molecular flexibility index (Phi) is 6.48. The molecule has 1 amide bonds. The molecule has 0 aromatic carbocycles. The van der Waals surface area contributed by atoms with Crippen molar-refractivity contribution in [2.24, 2.45) is 0 Å². The van der Waals surface area contributed by atoms with E-state index in [0.29, 0.717) is 18.6 Å². The van der Waals surface area contributed by atoms with Crippen LogP contribution in [0.3, 0.4) is 0 Å². The third-order valence-corrected chi connectivity index (χ3v) is 6.29. The Morgan fingerprint density at radius 3 is 2.52 bits per heavy atom. The molecule has 1 heterocycles. The summed E-state index contributed by atoms with van der Waals surface area (Å²) in [6, 6.07) is -1.86. The van der Waals surface area contributed by atoms with Crippen LogP contribution in [0.1, 0.15) is 33.6 Å². The highest BCUT2D eigenvalue weighted by molar-refractivity contribution is 8.00. The van der Waals surface area contributed by atoms with Gasteiger partial charge in [-0.15, -0.1) is 11.8 Å². The van der Waals surface area contributed by atoms with Gasteiger partial charge in [0.25, 0.3) is 0 Å². The van der Waals surface area contributed by atoms with Crippen LogP contribution < -0.4 is 4.72 Å². The molecule has 3 atom stereocenters. The van der Waals surface area contributed by atoms with E-state index in [4.69, 9.17) is 0 Å². The predicted octanol–water partition coefficient (Wildman–Crippen LogP) is 0.469. The zero-order chi connectivity index (χ0) is 16.2.